The summed E-state index contributed by atoms with van der Waals surface area (Å²) in [4.78, 5) is 22.8. The van der Waals surface area contributed by atoms with E-state index in [1.807, 2.05) is 18.2 Å². The van der Waals surface area contributed by atoms with Crippen molar-refractivity contribution in [2.45, 2.75) is 0 Å². The molecule has 4 nitrogen and oxygen atoms in total. The van der Waals surface area contributed by atoms with Crippen LogP contribution in [0.1, 0.15) is 0 Å². The second-order valence-electron chi connectivity index (χ2n) is 2.99. The van der Waals surface area contributed by atoms with Crippen LogP contribution in [0.5, 0.6) is 0 Å². The molecule has 1 aromatic heterocycles. The molecule has 1 aromatic carbocycles. The lowest BCUT2D eigenvalue weighted by atomic mass is 10.1. The molecule has 0 radical (unpaired) electrons. The number of aromatic amines is 1. The fourth-order valence-corrected chi connectivity index (χ4v) is 1.30. The van der Waals surface area contributed by atoms with Gasteiger partial charge in [-0.3, -0.25) is 9.59 Å². The van der Waals surface area contributed by atoms with Crippen LogP contribution < -0.4 is 11.0 Å². The van der Waals surface area contributed by atoms with Gasteiger partial charge in [-0.2, -0.15) is 5.10 Å². The van der Waals surface area contributed by atoms with Crippen molar-refractivity contribution in [3.8, 4) is 11.1 Å². The van der Waals surface area contributed by atoms with Gasteiger partial charge in [-0.05, 0) is 11.6 Å². The summed E-state index contributed by atoms with van der Waals surface area (Å²) in [7, 11) is 0. The van der Waals surface area contributed by atoms with Crippen LogP contribution in [-0.2, 0) is 0 Å². The summed E-state index contributed by atoms with van der Waals surface area (Å²) in [6.45, 7) is 0. The number of aromatic nitrogens is 2. The zero-order chi connectivity index (χ0) is 10.7. The molecule has 2 rings (SSSR count). The van der Waals surface area contributed by atoms with Gasteiger partial charge in [0.2, 0.25) is 0 Å². The van der Waals surface area contributed by atoms with Gasteiger partial charge in [0.1, 0.15) is 0 Å². The Hall–Kier alpha value is -2.23. The zero-order valence-electron chi connectivity index (χ0n) is 7.81. The molecule has 0 fully saturated rings. The van der Waals surface area contributed by atoms with Crippen molar-refractivity contribution in [1.29, 1.82) is 0 Å². The third kappa shape index (κ3) is 1.83. The van der Waals surface area contributed by atoms with E-state index in [9.17, 15) is 9.59 Å². The molecule has 0 aliphatic carbocycles. The van der Waals surface area contributed by atoms with Crippen molar-refractivity contribution in [2.24, 2.45) is 0 Å². The lowest BCUT2D eigenvalue weighted by Crippen LogP contribution is -2.25. The lowest BCUT2D eigenvalue weighted by Gasteiger charge is -1.94. The minimum Gasteiger partial charge on any atom is -0.283 e. The summed E-state index contributed by atoms with van der Waals surface area (Å²) in [6.07, 6.45) is 1.39. The molecule has 0 bridgehead atoms. The third-order valence-corrected chi connectivity index (χ3v) is 2.02. The number of hydrogen-bond donors (Lipinski definition) is 1. The zero-order valence-corrected chi connectivity index (χ0v) is 7.81. The maximum atomic E-state index is 11.6. The Kier molecular flexibility index (Phi) is 2.41. The SMILES string of the molecule is O=c1[nH]nccc(-c2ccccc2)c1=O. The number of benzene rings is 1. The normalized spacial score (nSPS) is 9.87. The van der Waals surface area contributed by atoms with E-state index in [1.54, 1.807) is 12.1 Å². The predicted octanol–water partition coefficient (Wildman–Crippen LogP) is 0.797. The second kappa shape index (κ2) is 3.88. The van der Waals surface area contributed by atoms with Gasteiger partial charge in [-0.1, -0.05) is 30.3 Å². The van der Waals surface area contributed by atoms with Crippen LogP contribution >= 0.6 is 0 Å². The highest BCUT2D eigenvalue weighted by molar-refractivity contribution is 5.61. The second-order valence-corrected chi connectivity index (χ2v) is 2.99. The Morgan fingerprint density at radius 3 is 2.47 bits per heavy atom. The smallest absolute Gasteiger partial charge is 0.283 e. The van der Waals surface area contributed by atoms with Crippen molar-refractivity contribution in [3.63, 3.8) is 0 Å². The van der Waals surface area contributed by atoms with Gasteiger partial charge in [0.15, 0.2) is 0 Å². The van der Waals surface area contributed by atoms with Gasteiger partial charge in [0.05, 0.1) is 0 Å². The monoisotopic (exact) mass is 200 g/mol. The topological polar surface area (TPSA) is 62.8 Å². The van der Waals surface area contributed by atoms with Crippen LogP contribution in [-0.4, -0.2) is 10.2 Å². The van der Waals surface area contributed by atoms with E-state index in [-0.39, 0.29) is 0 Å². The molecular weight excluding hydrogens is 192 g/mol. The van der Waals surface area contributed by atoms with Crippen LogP contribution in [0.15, 0.2) is 52.2 Å². The summed E-state index contributed by atoms with van der Waals surface area (Å²) in [5.74, 6) is 0. The fraction of sp³-hybridized carbons (Fsp3) is 0. The predicted molar refractivity (Wildman–Crippen MR) is 56.6 cm³/mol. The Bertz CT molecular complexity index is 576. The van der Waals surface area contributed by atoms with Crippen molar-refractivity contribution >= 4 is 0 Å². The van der Waals surface area contributed by atoms with Gasteiger partial charge < -0.3 is 0 Å². The largest absolute Gasteiger partial charge is 0.312 e. The molecule has 2 aromatic rings. The molecule has 1 N–H and O–H groups in total. The van der Waals surface area contributed by atoms with Gasteiger partial charge >= 0.3 is 5.56 Å². The molecular formula is C11H8N2O2. The molecule has 0 saturated carbocycles. The first-order valence-electron chi connectivity index (χ1n) is 4.42. The molecule has 0 amide bonds. The van der Waals surface area contributed by atoms with E-state index in [0.29, 0.717) is 11.1 Å². The molecule has 0 aliphatic heterocycles. The number of nitrogens with zero attached hydrogens (tertiary/aromatic N) is 1. The molecule has 74 valence electrons. The highest BCUT2D eigenvalue weighted by Gasteiger charge is 2.02. The Morgan fingerprint density at radius 2 is 1.73 bits per heavy atom. The lowest BCUT2D eigenvalue weighted by molar-refractivity contribution is 1.00. The summed E-state index contributed by atoms with van der Waals surface area (Å²) in [6, 6.07) is 10.5. The van der Waals surface area contributed by atoms with Crippen LogP contribution in [0.2, 0.25) is 0 Å². The van der Waals surface area contributed by atoms with Crippen molar-refractivity contribution in [1.82, 2.24) is 10.2 Å². The average Bonchev–Trinajstić information content (AvgIpc) is 2.44. The first-order valence-corrected chi connectivity index (χ1v) is 4.42. The van der Waals surface area contributed by atoms with Crippen molar-refractivity contribution < 1.29 is 0 Å². The van der Waals surface area contributed by atoms with E-state index in [1.165, 1.54) is 12.3 Å². The minimum absolute atomic E-state index is 0.356. The molecule has 0 saturated heterocycles. The van der Waals surface area contributed by atoms with Crippen molar-refractivity contribution in [3.05, 3.63) is 63.2 Å². The highest BCUT2D eigenvalue weighted by Crippen LogP contribution is 2.11. The third-order valence-electron chi connectivity index (χ3n) is 2.02. The molecule has 0 aliphatic rings. The summed E-state index contributed by atoms with van der Waals surface area (Å²) >= 11 is 0. The van der Waals surface area contributed by atoms with Gasteiger partial charge in [-0.25, -0.2) is 5.10 Å². The van der Waals surface area contributed by atoms with Crippen LogP contribution in [0.4, 0.5) is 0 Å². The average molecular weight is 200 g/mol. The first kappa shape index (κ1) is 9.33. The maximum Gasteiger partial charge on any atom is 0.312 e. The summed E-state index contributed by atoms with van der Waals surface area (Å²) in [5, 5.41) is 5.68. The molecule has 15 heavy (non-hydrogen) atoms. The van der Waals surface area contributed by atoms with Gasteiger partial charge in [-0.15, -0.1) is 0 Å². The Labute approximate surface area is 85.2 Å². The van der Waals surface area contributed by atoms with E-state index in [2.05, 4.69) is 10.2 Å². The quantitative estimate of drug-likeness (QED) is 0.692. The highest BCUT2D eigenvalue weighted by atomic mass is 16.2. The number of nitrogens with one attached hydrogen (secondary N) is 1. The molecule has 4 heteroatoms. The minimum atomic E-state index is -0.709. The Morgan fingerprint density at radius 1 is 1.00 bits per heavy atom. The van der Waals surface area contributed by atoms with E-state index in [0.717, 1.165) is 0 Å². The van der Waals surface area contributed by atoms with E-state index < -0.39 is 11.0 Å². The molecule has 0 spiro atoms. The summed E-state index contributed by atoms with van der Waals surface area (Å²) < 4.78 is 0. The van der Waals surface area contributed by atoms with Crippen LogP contribution in [0.3, 0.4) is 0 Å². The maximum absolute atomic E-state index is 11.6. The summed E-state index contributed by atoms with van der Waals surface area (Å²) in [5.41, 5.74) is -0.210. The number of H-pyrrole nitrogens is 1. The molecule has 0 unspecified atom stereocenters. The van der Waals surface area contributed by atoms with Crippen LogP contribution in [0, 0.1) is 0 Å². The molecule has 1 heterocycles. The number of hydrogen-bond acceptors (Lipinski definition) is 3. The number of rotatable bonds is 1. The first-order chi connectivity index (χ1) is 7.29. The fourth-order valence-electron chi connectivity index (χ4n) is 1.30. The van der Waals surface area contributed by atoms with E-state index in [4.69, 9.17) is 0 Å². The van der Waals surface area contributed by atoms with Crippen molar-refractivity contribution in [2.75, 3.05) is 0 Å². The van der Waals surface area contributed by atoms with E-state index >= 15 is 0 Å². The van der Waals surface area contributed by atoms with Crippen LogP contribution in [0.25, 0.3) is 11.1 Å². The van der Waals surface area contributed by atoms with Gasteiger partial charge in [0, 0.05) is 11.8 Å². The molecule has 0 atom stereocenters. The standard InChI is InChI=1S/C11H8N2O2/c14-10-9(6-7-12-13-11(10)15)8-4-2-1-3-5-8/h1-7H,(H,13,14,15). The van der Waals surface area contributed by atoms with Gasteiger partial charge in [0.25, 0.3) is 5.43 Å². The Balaban J connectivity index is 2.77.